The van der Waals surface area contributed by atoms with E-state index in [0.29, 0.717) is 12.8 Å². The van der Waals surface area contributed by atoms with Crippen molar-refractivity contribution in [3.8, 4) is 0 Å². The van der Waals surface area contributed by atoms with Gasteiger partial charge >= 0.3 is 0 Å². The second-order valence-corrected chi connectivity index (χ2v) is 3.20. The summed E-state index contributed by atoms with van der Waals surface area (Å²) >= 11 is 0. The number of carbonyl (C=O) groups excluding carboxylic acids is 2. The third-order valence-corrected chi connectivity index (χ3v) is 1.82. The quantitative estimate of drug-likeness (QED) is 0.753. The summed E-state index contributed by atoms with van der Waals surface area (Å²) in [5, 5.41) is 0. The molecule has 0 N–H and O–H groups in total. The van der Waals surface area contributed by atoms with Gasteiger partial charge in [-0.1, -0.05) is 63.4 Å². The second kappa shape index (κ2) is 15.0. The van der Waals surface area contributed by atoms with Crippen molar-refractivity contribution in [2.24, 2.45) is 0 Å². The van der Waals surface area contributed by atoms with Crippen LogP contribution in [0.3, 0.4) is 0 Å². The maximum Gasteiger partial charge on any atom is 0.154 e. The number of benzene rings is 1. The highest BCUT2D eigenvalue weighted by Crippen LogP contribution is 1.80. The van der Waals surface area contributed by atoms with E-state index in [2.05, 4.69) is 13.2 Å². The molecule has 0 amide bonds. The van der Waals surface area contributed by atoms with Crippen LogP contribution < -0.4 is 0 Å². The zero-order valence-corrected chi connectivity index (χ0v) is 11.3. The molecule has 0 aliphatic carbocycles. The van der Waals surface area contributed by atoms with Crippen molar-refractivity contribution >= 4 is 11.6 Å². The van der Waals surface area contributed by atoms with E-state index >= 15 is 0 Å². The predicted molar refractivity (Wildman–Crippen MR) is 77.4 cm³/mol. The first-order valence-corrected chi connectivity index (χ1v) is 5.92. The second-order valence-electron chi connectivity index (χ2n) is 3.20. The van der Waals surface area contributed by atoms with Gasteiger partial charge in [-0.2, -0.15) is 0 Å². The minimum Gasteiger partial charge on any atom is -0.295 e. The molecule has 0 unspecified atom stereocenters. The molecule has 2 heteroatoms. The number of hydrogen-bond acceptors (Lipinski definition) is 2. The zero-order valence-electron chi connectivity index (χ0n) is 11.3. The van der Waals surface area contributed by atoms with E-state index in [9.17, 15) is 9.59 Å². The summed E-state index contributed by atoms with van der Waals surface area (Å²) in [4.78, 5) is 20.1. The fourth-order valence-corrected chi connectivity index (χ4v) is 0.674. The Bertz CT molecular complexity index is 293. The first kappa shape index (κ1) is 18.4. The molecular weight excluding hydrogens is 224 g/mol. The van der Waals surface area contributed by atoms with Crippen molar-refractivity contribution in [2.75, 3.05) is 0 Å². The maximum absolute atomic E-state index is 10.1. The molecule has 98 valence electrons. The van der Waals surface area contributed by atoms with Crippen LogP contribution in [-0.4, -0.2) is 11.6 Å². The van der Waals surface area contributed by atoms with E-state index in [0.717, 1.165) is 0 Å². The minimum atomic E-state index is 0.106. The number of allylic oxidation sites excluding steroid dienone is 2. The molecule has 0 atom stereocenters. The van der Waals surface area contributed by atoms with Gasteiger partial charge in [-0.05, 0) is 12.2 Å². The topological polar surface area (TPSA) is 34.1 Å². The van der Waals surface area contributed by atoms with Crippen molar-refractivity contribution in [3.63, 3.8) is 0 Å². The van der Waals surface area contributed by atoms with Gasteiger partial charge in [0, 0.05) is 12.8 Å². The predicted octanol–water partition coefficient (Wildman–Crippen LogP) is 3.99. The Balaban J connectivity index is 0. The van der Waals surface area contributed by atoms with E-state index in [-0.39, 0.29) is 11.6 Å². The Morgan fingerprint density at radius 1 is 0.778 bits per heavy atom. The highest BCUT2D eigenvalue weighted by atomic mass is 16.1. The lowest BCUT2D eigenvalue weighted by molar-refractivity contribution is -0.115. The van der Waals surface area contributed by atoms with Crippen LogP contribution in [0.2, 0.25) is 0 Å². The van der Waals surface area contributed by atoms with Gasteiger partial charge in [-0.25, -0.2) is 0 Å². The third kappa shape index (κ3) is 16.5. The highest BCUT2D eigenvalue weighted by Gasteiger charge is 1.82. The number of ketones is 2. The van der Waals surface area contributed by atoms with E-state index in [1.165, 1.54) is 12.2 Å². The summed E-state index contributed by atoms with van der Waals surface area (Å²) in [6.07, 6.45) is 3.81. The molecular formula is C16H22O2. The molecule has 0 bridgehead atoms. The Morgan fingerprint density at radius 2 is 1.00 bits per heavy atom. The van der Waals surface area contributed by atoms with Crippen LogP contribution in [0.15, 0.2) is 61.7 Å². The summed E-state index contributed by atoms with van der Waals surface area (Å²) in [7, 11) is 0. The van der Waals surface area contributed by atoms with Crippen LogP contribution in [-0.2, 0) is 9.59 Å². The van der Waals surface area contributed by atoms with Crippen LogP contribution in [0, 0.1) is 0 Å². The fourth-order valence-electron chi connectivity index (χ4n) is 0.674. The summed E-state index contributed by atoms with van der Waals surface area (Å²) in [5.41, 5.74) is 0. The summed E-state index contributed by atoms with van der Waals surface area (Å²) in [6, 6.07) is 12.0. The molecule has 1 aromatic carbocycles. The molecule has 0 aromatic heterocycles. The molecule has 0 saturated heterocycles. The van der Waals surface area contributed by atoms with Crippen molar-refractivity contribution in [3.05, 3.63) is 61.7 Å². The van der Waals surface area contributed by atoms with Crippen LogP contribution in [0.1, 0.15) is 26.7 Å². The smallest absolute Gasteiger partial charge is 0.154 e. The molecule has 0 radical (unpaired) electrons. The van der Waals surface area contributed by atoms with E-state index in [1.54, 1.807) is 0 Å². The van der Waals surface area contributed by atoms with Crippen LogP contribution in [0.5, 0.6) is 0 Å². The normalized spacial score (nSPS) is 7.67. The lowest BCUT2D eigenvalue weighted by Crippen LogP contribution is -1.83. The Labute approximate surface area is 110 Å². The van der Waals surface area contributed by atoms with Crippen molar-refractivity contribution in [1.29, 1.82) is 0 Å². The Kier molecular flexibility index (Phi) is 15.4. The largest absolute Gasteiger partial charge is 0.295 e. The summed E-state index contributed by atoms with van der Waals surface area (Å²) < 4.78 is 0. The molecule has 0 heterocycles. The Hall–Kier alpha value is -1.96. The van der Waals surface area contributed by atoms with E-state index in [1.807, 2.05) is 50.2 Å². The monoisotopic (exact) mass is 246 g/mol. The van der Waals surface area contributed by atoms with Gasteiger partial charge in [0.25, 0.3) is 0 Å². The molecule has 0 aliphatic rings. The van der Waals surface area contributed by atoms with E-state index in [4.69, 9.17) is 0 Å². The molecule has 18 heavy (non-hydrogen) atoms. The lowest BCUT2D eigenvalue weighted by atomic mass is 10.3. The van der Waals surface area contributed by atoms with Gasteiger partial charge in [-0.3, -0.25) is 9.59 Å². The SMILES string of the molecule is C=CC(=O)CC.C=CC(=O)CC.c1ccccc1. The highest BCUT2D eigenvalue weighted by molar-refractivity contribution is 5.88. The van der Waals surface area contributed by atoms with Crippen molar-refractivity contribution in [1.82, 2.24) is 0 Å². The first-order valence-electron chi connectivity index (χ1n) is 5.92. The van der Waals surface area contributed by atoms with Gasteiger partial charge < -0.3 is 0 Å². The maximum atomic E-state index is 10.1. The summed E-state index contributed by atoms with van der Waals surface area (Å²) in [6.45, 7) is 10.2. The van der Waals surface area contributed by atoms with Crippen LogP contribution in [0.4, 0.5) is 0 Å². The molecule has 1 aromatic rings. The average molecular weight is 246 g/mol. The average Bonchev–Trinajstić information content (AvgIpc) is 2.48. The van der Waals surface area contributed by atoms with Gasteiger partial charge in [0.2, 0.25) is 0 Å². The molecule has 0 aliphatic heterocycles. The van der Waals surface area contributed by atoms with Crippen molar-refractivity contribution < 1.29 is 9.59 Å². The number of hydrogen-bond donors (Lipinski definition) is 0. The van der Waals surface area contributed by atoms with E-state index < -0.39 is 0 Å². The third-order valence-electron chi connectivity index (χ3n) is 1.82. The van der Waals surface area contributed by atoms with Gasteiger partial charge in [0.1, 0.15) is 0 Å². The lowest BCUT2D eigenvalue weighted by Gasteiger charge is -1.75. The van der Waals surface area contributed by atoms with Crippen molar-refractivity contribution in [2.45, 2.75) is 26.7 Å². The minimum absolute atomic E-state index is 0.106. The first-order chi connectivity index (χ1) is 8.62. The summed E-state index contributed by atoms with van der Waals surface area (Å²) in [5.74, 6) is 0.213. The number of rotatable bonds is 4. The van der Waals surface area contributed by atoms with Gasteiger partial charge in [0.15, 0.2) is 11.6 Å². The van der Waals surface area contributed by atoms with Gasteiger partial charge in [0.05, 0.1) is 0 Å². The van der Waals surface area contributed by atoms with Crippen LogP contribution in [0.25, 0.3) is 0 Å². The molecule has 0 saturated carbocycles. The Morgan fingerprint density at radius 3 is 1.06 bits per heavy atom. The van der Waals surface area contributed by atoms with Gasteiger partial charge in [-0.15, -0.1) is 0 Å². The van der Waals surface area contributed by atoms with Crippen LogP contribution >= 0.6 is 0 Å². The molecule has 1 rings (SSSR count). The zero-order chi connectivity index (χ0) is 14.2. The molecule has 2 nitrogen and oxygen atoms in total. The number of carbonyl (C=O) groups is 2. The molecule has 0 spiro atoms. The standard InChI is InChI=1S/C6H6.2C5H8O/c1-2-4-6-5-3-1;2*1-3-5(6)4-2/h1-6H;2*3H,1,4H2,2H3. The fraction of sp³-hybridized carbons (Fsp3) is 0.250. The molecule has 0 fully saturated rings.